The summed E-state index contributed by atoms with van der Waals surface area (Å²) in [5.74, 6) is -0.278. The van der Waals surface area contributed by atoms with Gasteiger partial charge in [0.15, 0.2) is 0 Å². The molecule has 0 bridgehead atoms. The van der Waals surface area contributed by atoms with E-state index in [0.29, 0.717) is 11.3 Å². The van der Waals surface area contributed by atoms with Gasteiger partial charge in [0.25, 0.3) is 0 Å². The predicted octanol–water partition coefficient (Wildman–Crippen LogP) is 2.27. The number of fused-ring (bicyclic) bond motifs is 1. The Kier molecular flexibility index (Phi) is 4.14. The van der Waals surface area contributed by atoms with Crippen molar-refractivity contribution in [3.63, 3.8) is 0 Å². The highest BCUT2D eigenvalue weighted by molar-refractivity contribution is 5.78. The number of hydrogen-bond acceptors (Lipinski definition) is 2. The average molecular weight is 263 g/mol. The fourth-order valence-corrected chi connectivity index (χ4v) is 1.91. The lowest BCUT2D eigenvalue weighted by atomic mass is 10.2. The number of carbonyl (C=O) groups excluding carboxylic acids is 1. The Bertz CT molecular complexity index is 579. The maximum Gasteiger partial charge on any atom is 0.228 e. The molecule has 0 atom stereocenters. The Morgan fingerprint density at radius 2 is 2.21 bits per heavy atom. The summed E-state index contributed by atoms with van der Waals surface area (Å²) in [6.45, 7) is 2.85. The van der Waals surface area contributed by atoms with Crippen LogP contribution in [0.3, 0.4) is 0 Å². The lowest BCUT2D eigenvalue weighted by Crippen LogP contribution is -2.29. The first-order chi connectivity index (χ1) is 9.10. The molecule has 2 aromatic heterocycles. The lowest BCUT2D eigenvalue weighted by molar-refractivity contribution is -0.129. The summed E-state index contributed by atoms with van der Waals surface area (Å²) in [6, 6.07) is 2.96. The molecule has 19 heavy (non-hydrogen) atoms. The van der Waals surface area contributed by atoms with Crippen molar-refractivity contribution in [2.75, 3.05) is 13.6 Å². The SMILES string of the molecule is CCCCN(C)C(=O)Cc1cn2cc(F)ccc2n1. The van der Waals surface area contributed by atoms with Crippen LogP contribution in [0.5, 0.6) is 0 Å². The first-order valence-electron chi connectivity index (χ1n) is 6.47. The van der Waals surface area contributed by atoms with Gasteiger partial charge in [0.05, 0.1) is 12.1 Å². The van der Waals surface area contributed by atoms with E-state index in [1.54, 1.807) is 28.6 Å². The molecule has 2 rings (SSSR count). The second kappa shape index (κ2) is 5.82. The maximum absolute atomic E-state index is 13.1. The van der Waals surface area contributed by atoms with E-state index < -0.39 is 0 Å². The number of carbonyl (C=O) groups is 1. The van der Waals surface area contributed by atoms with Gasteiger partial charge in [-0.2, -0.15) is 0 Å². The summed E-state index contributed by atoms with van der Waals surface area (Å²) < 4.78 is 14.7. The van der Waals surface area contributed by atoms with Crippen molar-refractivity contribution in [1.82, 2.24) is 14.3 Å². The van der Waals surface area contributed by atoms with Gasteiger partial charge in [-0.15, -0.1) is 0 Å². The number of unbranched alkanes of at least 4 members (excludes halogenated alkanes) is 1. The standard InChI is InChI=1S/C14H18FN3O/c1-3-4-7-17(2)14(19)8-12-10-18-9-11(15)5-6-13(18)16-12/h5-6,9-10H,3-4,7-8H2,1-2H3. The van der Waals surface area contributed by atoms with Crippen LogP contribution < -0.4 is 0 Å². The Balaban J connectivity index is 2.06. The van der Waals surface area contributed by atoms with Gasteiger partial charge < -0.3 is 9.30 Å². The number of imidazole rings is 1. The van der Waals surface area contributed by atoms with E-state index in [9.17, 15) is 9.18 Å². The first kappa shape index (κ1) is 13.5. The first-order valence-corrected chi connectivity index (χ1v) is 6.47. The molecule has 5 heteroatoms. The molecule has 1 amide bonds. The van der Waals surface area contributed by atoms with Crippen LogP contribution >= 0.6 is 0 Å². The zero-order valence-corrected chi connectivity index (χ0v) is 11.3. The van der Waals surface area contributed by atoms with Crippen molar-refractivity contribution < 1.29 is 9.18 Å². The highest BCUT2D eigenvalue weighted by Gasteiger charge is 2.11. The second-order valence-corrected chi connectivity index (χ2v) is 4.69. The van der Waals surface area contributed by atoms with Crippen molar-refractivity contribution in [2.24, 2.45) is 0 Å². The molecule has 0 saturated heterocycles. The van der Waals surface area contributed by atoms with Crippen LogP contribution in [0.4, 0.5) is 4.39 Å². The summed E-state index contributed by atoms with van der Waals surface area (Å²) in [6.07, 6.45) is 5.37. The number of aromatic nitrogens is 2. The third-order valence-electron chi connectivity index (χ3n) is 3.07. The molecule has 0 saturated carbocycles. The molecule has 0 aliphatic heterocycles. The van der Waals surface area contributed by atoms with E-state index in [1.165, 1.54) is 12.3 Å². The molecule has 0 aliphatic carbocycles. The normalized spacial score (nSPS) is 10.9. The Labute approximate surface area is 111 Å². The van der Waals surface area contributed by atoms with Crippen molar-refractivity contribution in [2.45, 2.75) is 26.2 Å². The third-order valence-corrected chi connectivity index (χ3v) is 3.07. The molecular weight excluding hydrogens is 245 g/mol. The maximum atomic E-state index is 13.1. The van der Waals surface area contributed by atoms with Gasteiger partial charge in [-0.05, 0) is 18.6 Å². The van der Waals surface area contributed by atoms with E-state index >= 15 is 0 Å². The fourth-order valence-electron chi connectivity index (χ4n) is 1.91. The summed E-state index contributed by atoms with van der Waals surface area (Å²) in [5.41, 5.74) is 1.32. The molecule has 0 aliphatic rings. The molecule has 0 aromatic carbocycles. The molecular formula is C14H18FN3O. The highest BCUT2D eigenvalue weighted by Crippen LogP contribution is 2.08. The van der Waals surface area contributed by atoms with Crippen LogP contribution in [-0.2, 0) is 11.2 Å². The molecule has 102 valence electrons. The second-order valence-electron chi connectivity index (χ2n) is 4.69. The summed E-state index contributed by atoms with van der Waals surface area (Å²) in [7, 11) is 1.80. The van der Waals surface area contributed by atoms with Gasteiger partial charge in [0, 0.05) is 26.0 Å². The zero-order valence-electron chi connectivity index (χ0n) is 11.3. The van der Waals surface area contributed by atoms with E-state index in [-0.39, 0.29) is 18.1 Å². The number of amides is 1. The van der Waals surface area contributed by atoms with Gasteiger partial charge in [-0.25, -0.2) is 9.37 Å². The van der Waals surface area contributed by atoms with Gasteiger partial charge in [-0.3, -0.25) is 4.79 Å². The largest absolute Gasteiger partial charge is 0.345 e. The topological polar surface area (TPSA) is 37.6 Å². The monoisotopic (exact) mass is 263 g/mol. The molecule has 0 N–H and O–H groups in total. The smallest absolute Gasteiger partial charge is 0.228 e. The minimum absolute atomic E-state index is 0.0392. The Hall–Kier alpha value is -1.91. The number of nitrogens with zero attached hydrogens (tertiary/aromatic N) is 3. The number of pyridine rings is 1. The number of hydrogen-bond donors (Lipinski definition) is 0. The molecule has 4 nitrogen and oxygen atoms in total. The Morgan fingerprint density at radius 3 is 2.95 bits per heavy atom. The average Bonchev–Trinajstić information content (AvgIpc) is 2.77. The molecule has 0 radical (unpaired) electrons. The van der Waals surface area contributed by atoms with Gasteiger partial charge in [-0.1, -0.05) is 13.3 Å². The van der Waals surface area contributed by atoms with Gasteiger partial charge in [0.1, 0.15) is 11.5 Å². The van der Waals surface area contributed by atoms with Crippen molar-refractivity contribution >= 4 is 11.6 Å². The van der Waals surface area contributed by atoms with E-state index in [1.807, 2.05) is 0 Å². The summed E-state index contributed by atoms with van der Waals surface area (Å²) in [5, 5.41) is 0. The fraction of sp³-hybridized carbons (Fsp3) is 0.429. The molecule has 2 aromatic rings. The molecule has 0 unspecified atom stereocenters. The minimum atomic E-state index is -0.317. The quantitative estimate of drug-likeness (QED) is 0.830. The molecule has 0 fully saturated rings. The van der Waals surface area contributed by atoms with Crippen molar-refractivity contribution in [1.29, 1.82) is 0 Å². The summed E-state index contributed by atoms with van der Waals surface area (Å²) in [4.78, 5) is 18.0. The highest BCUT2D eigenvalue weighted by atomic mass is 19.1. The van der Waals surface area contributed by atoms with Crippen LogP contribution in [0.25, 0.3) is 5.65 Å². The Morgan fingerprint density at radius 1 is 1.42 bits per heavy atom. The van der Waals surface area contributed by atoms with Gasteiger partial charge >= 0.3 is 0 Å². The predicted molar refractivity (Wildman–Crippen MR) is 71.4 cm³/mol. The van der Waals surface area contributed by atoms with E-state index in [4.69, 9.17) is 0 Å². The number of halogens is 1. The van der Waals surface area contributed by atoms with Gasteiger partial charge in [0.2, 0.25) is 5.91 Å². The minimum Gasteiger partial charge on any atom is -0.345 e. The van der Waals surface area contributed by atoms with Crippen LogP contribution in [0, 0.1) is 5.82 Å². The third kappa shape index (κ3) is 3.30. The molecule has 0 spiro atoms. The lowest BCUT2D eigenvalue weighted by Gasteiger charge is -2.15. The van der Waals surface area contributed by atoms with E-state index in [0.717, 1.165) is 19.4 Å². The van der Waals surface area contributed by atoms with Crippen molar-refractivity contribution in [3.8, 4) is 0 Å². The van der Waals surface area contributed by atoms with E-state index in [2.05, 4.69) is 11.9 Å². The van der Waals surface area contributed by atoms with Crippen LogP contribution in [0.1, 0.15) is 25.5 Å². The molecule has 2 heterocycles. The number of likely N-dealkylation sites (N-methyl/N-ethyl adjacent to an activating group) is 1. The van der Waals surface area contributed by atoms with Crippen LogP contribution in [0.2, 0.25) is 0 Å². The summed E-state index contributed by atoms with van der Waals surface area (Å²) >= 11 is 0. The number of rotatable bonds is 5. The van der Waals surface area contributed by atoms with Crippen LogP contribution in [0.15, 0.2) is 24.5 Å². The van der Waals surface area contributed by atoms with Crippen molar-refractivity contribution in [3.05, 3.63) is 36.0 Å². The zero-order chi connectivity index (χ0) is 13.8. The van der Waals surface area contributed by atoms with Crippen LogP contribution in [-0.4, -0.2) is 33.8 Å².